The lowest BCUT2D eigenvalue weighted by atomic mass is 10.0. The van der Waals surface area contributed by atoms with Crippen molar-refractivity contribution in [2.75, 3.05) is 25.6 Å². The maximum absolute atomic E-state index is 6.47. The van der Waals surface area contributed by atoms with Gasteiger partial charge in [0.15, 0.2) is 0 Å². The molecule has 0 atom stereocenters. The summed E-state index contributed by atoms with van der Waals surface area (Å²) in [5.41, 5.74) is 6.70. The number of anilines is 1. The van der Waals surface area contributed by atoms with Gasteiger partial charge in [-0.25, -0.2) is 0 Å². The molecule has 5 nitrogen and oxygen atoms in total. The van der Waals surface area contributed by atoms with Crippen molar-refractivity contribution < 1.29 is 4.74 Å². The highest BCUT2D eigenvalue weighted by atomic mass is 35.5. The Morgan fingerprint density at radius 1 is 1.19 bits per heavy atom. The topological polar surface area (TPSA) is 52.0 Å². The van der Waals surface area contributed by atoms with E-state index in [0.717, 1.165) is 60.0 Å². The maximum atomic E-state index is 6.47. The van der Waals surface area contributed by atoms with E-state index in [1.165, 1.54) is 24.1 Å². The van der Waals surface area contributed by atoms with Crippen molar-refractivity contribution in [2.24, 2.45) is 0 Å². The fourth-order valence-corrected chi connectivity index (χ4v) is 4.40. The minimum Gasteiger partial charge on any atom is -0.387 e. The Kier molecular flexibility index (Phi) is 4.02. The molecule has 1 saturated heterocycles. The molecule has 26 heavy (non-hydrogen) atoms. The van der Waals surface area contributed by atoms with E-state index in [1.807, 2.05) is 19.3 Å². The van der Waals surface area contributed by atoms with Gasteiger partial charge in [0.2, 0.25) is 0 Å². The predicted molar refractivity (Wildman–Crippen MR) is 104 cm³/mol. The molecule has 2 aromatic rings. The molecule has 0 unspecified atom stereocenters. The van der Waals surface area contributed by atoms with Crippen LogP contribution in [0.4, 0.5) is 5.69 Å². The second-order valence-electron chi connectivity index (χ2n) is 7.40. The zero-order valence-electron chi connectivity index (χ0n) is 15.0. The molecule has 3 heterocycles. The lowest BCUT2D eigenvalue weighted by Gasteiger charge is -2.22. The first-order valence-electron chi connectivity index (χ1n) is 9.49. The van der Waals surface area contributed by atoms with Gasteiger partial charge in [0.25, 0.3) is 0 Å². The average molecular weight is 371 g/mol. The van der Waals surface area contributed by atoms with Gasteiger partial charge in [0.1, 0.15) is 0 Å². The summed E-state index contributed by atoms with van der Waals surface area (Å²) in [6.07, 6.45) is 11.6. The molecule has 0 radical (unpaired) electrons. The fraction of sp³-hybridized carbons (Fsp3) is 0.500. The van der Waals surface area contributed by atoms with Crippen LogP contribution in [0.2, 0.25) is 0 Å². The van der Waals surface area contributed by atoms with E-state index in [-0.39, 0.29) is 0 Å². The Hall–Kier alpha value is -1.85. The third-order valence-electron chi connectivity index (χ3n) is 5.70. The normalized spacial score (nSPS) is 20.2. The van der Waals surface area contributed by atoms with Gasteiger partial charge >= 0.3 is 0 Å². The minimum atomic E-state index is 0.430. The number of fused-ring (bicyclic) bond motifs is 1. The van der Waals surface area contributed by atoms with E-state index in [4.69, 9.17) is 26.4 Å². The molecule has 2 fully saturated rings. The van der Waals surface area contributed by atoms with Gasteiger partial charge < -0.3 is 10.1 Å². The third-order valence-corrected chi connectivity index (χ3v) is 6.04. The molecule has 0 amide bonds. The summed E-state index contributed by atoms with van der Waals surface area (Å²) in [5.74, 6) is 0.579. The van der Waals surface area contributed by atoms with Crippen LogP contribution in [0.25, 0.3) is 16.2 Å². The molecule has 0 aromatic carbocycles. The Labute approximate surface area is 158 Å². The lowest BCUT2D eigenvalue weighted by Crippen LogP contribution is -2.20. The quantitative estimate of drug-likeness (QED) is 0.869. The van der Waals surface area contributed by atoms with Crippen molar-refractivity contribution in [3.63, 3.8) is 0 Å². The molecule has 0 spiro atoms. The van der Waals surface area contributed by atoms with Crippen LogP contribution in [0.15, 0.2) is 18.5 Å². The lowest BCUT2D eigenvalue weighted by molar-refractivity contribution is 0.0661. The summed E-state index contributed by atoms with van der Waals surface area (Å²) < 4.78 is 7.70. The summed E-state index contributed by atoms with van der Waals surface area (Å²) in [5, 5.41) is 9.19. The van der Waals surface area contributed by atoms with Gasteiger partial charge in [-0.1, -0.05) is 17.7 Å². The highest BCUT2D eigenvalue weighted by molar-refractivity contribution is 6.50. The Bertz CT molecular complexity index is 878. The van der Waals surface area contributed by atoms with E-state index in [9.17, 15) is 0 Å². The molecule has 6 heteroatoms. The van der Waals surface area contributed by atoms with Gasteiger partial charge in [0, 0.05) is 66.7 Å². The molecule has 1 aliphatic heterocycles. The SMILES string of the molecule is CNc1c(-c2cn(C3CCOCC3)nc2C2CC2)cnc2c1C(Cl)=CC2. The van der Waals surface area contributed by atoms with E-state index in [1.54, 1.807) is 0 Å². The zero-order valence-corrected chi connectivity index (χ0v) is 15.7. The van der Waals surface area contributed by atoms with E-state index in [0.29, 0.717) is 12.0 Å². The first kappa shape index (κ1) is 16.3. The second kappa shape index (κ2) is 6.39. The molecule has 2 aromatic heterocycles. The van der Waals surface area contributed by atoms with Crippen LogP contribution in [0, 0.1) is 0 Å². The number of ether oxygens (including phenoxy) is 1. The summed E-state index contributed by atoms with van der Waals surface area (Å²) in [4.78, 5) is 4.70. The molecule has 0 bridgehead atoms. The molecule has 1 N–H and O–H groups in total. The van der Waals surface area contributed by atoms with E-state index < -0.39 is 0 Å². The number of nitrogens with zero attached hydrogens (tertiary/aromatic N) is 3. The number of halogens is 1. The summed E-state index contributed by atoms with van der Waals surface area (Å²) in [7, 11) is 1.96. The molecular formula is C20H23ClN4O. The van der Waals surface area contributed by atoms with Gasteiger partial charge in [-0.2, -0.15) is 5.10 Å². The first-order chi connectivity index (χ1) is 12.8. The highest BCUT2D eigenvalue weighted by Gasteiger charge is 2.32. The van der Waals surface area contributed by atoms with Crippen LogP contribution in [0.5, 0.6) is 0 Å². The number of hydrogen-bond acceptors (Lipinski definition) is 4. The smallest absolute Gasteiger partial charge is 0.0735 e. The summed E-state index contributed by atoms with van der Waals surface area (Å²) >= 11 is 6.47. The van der Waals surface area contributed by atoms with Crippen LogP contribution < -0.4 is 5.32 Å². The van der Waals surface area contributed by atoms with Crippen molar-refractivity contribution in [3.05, 3.63) is 35.4 Å². The Balaban J connectivity index is 1.63. The number of hydrogen-bond donors (Lipinski definition) is 1. The van der Waals surface area contributed by atoms with Crippen molar-refractivity contribution in [2.45, 2.75) is 44.1 Å². The molecule has 5 rings (SSSR count). The van der Waals surface area contributed by atoms with E-state index in [2.05, 4.69) is 16.2 Å². The molecule has 1 saturated carbocycles. The number of aromatic nitrogens is 3. The van der Waals surface area contributed by atoms with Gasteiger partial charge in [0.05, 0.1) is 23.1 Å². The van der Waals surface area contributed by atoms with Crippen molar-refractivity contribution >= 4 is 22.3 Å². The van der Waals surface area contributed by atoms with Crippen molar-refractivity contribution in [1.29, 1.82) is 0 Å². The van der Waals surface area contributed by atoms with Crippen LogP contribution >= 0.6 is 11.6 Å². The molecule has 136 valence electrons. The first-order valence-corrected chi connectivity index (χ1v) is 9.87. The zero-order chi connectivity index (χ0) is 17.7. The summed E-state index contributed by atoms with van der Waals surface area (Å²) in [6.45, 7) is 1.64. The fourth-order valence-electron chi connectivity index (χ4n) is 4.12. The largest absolute Gasteiger partial charge is 0.387 e. The van der Waals surface area contributed by atoms with Crippen molar-refractivity contribution in [1.82, 2.24) is 14.8 Å². The minimum absolute atomic E-state index is 0.430. The number of rotatable bonds is 4. The van der Waals surface area contributed by atoms with Crippen LogP contribution in [0.3, 0.4) is 0 Å². The molecular weight excluding hydrogens is 348 g/mol. The number of nitrogens with one attached hydrogen (secondary N) is 1. The number of pyridine rings is 1. The van der Waals surface area contributed by atoms with Crippen LogP contribution in [0.1, 0.15) is 54.6 Å². The standard InChI is InChI=1S/C20H23ClN4O/c1-22-20-14(10-23-17-5-4-16(21)18(17)20)15-11-25(13-6-8-26-9-7-13)24-19(15)12-2-3-12/h4,10-13H,2-3,5-9H2,1H3,(H,22,23). The van der Waals surface area contributed by atoms with Gasteiger partial charge in [-0.3, -0.25) is 9.67 Å². The monoisotopic (exact) mass is 370 g/mol. The predicted octanol–water partition coefficient (Wildman–Crippen LogP) is 4.35. The van der Waals surface area contributed by atoms with Crippen LogP contribution in [-0.4, -0.2) is 35.0 Å². The van der Waals surface area contributed by atoms with E-state index >= 15 is 0 Å². The Morgan fingerprint density at radius 2 is 2.00 bits per heavy atom. The number of allylic oxidation sites excluding steroid dienone is 1. The van der Waals surface area contributed by atoms with Gasteiger partial charge in [-0.05, 0) is 25.7 Å². The summed E-state index contributed by atoms with van der Waals surface area (Å²) in [6, 6.07) is 0.430. The molecule has 2 aliphatic carbocycles. The van der Waals surface area contributed by atoms with Crippen molar-refractivity contribution in [3.8, 4) is 11.1 Å². The maximum Gasteiger partial charge on any atom is 0.0735 e. The van der Waals surface area contributed by atoms with Crippen LogP contribution in [-0.2, 0) is 11.2 Å². The average Bonchev–Trinajstić information content (AvgIpc) is 3.33. The Morgan fingerprint density at radius 3 is 2.73 bits per heavy atom. The van der Waals surface area contributed by atoms with Gasteiger partial charge in [-0.15, -0.1) is 0 Å². The highest BCUT2D eigenvalue weighted by Crippen LogP contribution is 2.47. The second-order valence-corrected chi connectivity index (χ2v) is 7.81. The third kappa shape index (κ3) is 2.65. The molecule has 3 aliphatic rings.